The minimum Gasteiger partial charge on any atom is -0.462 e. The van der Waals surface area contributed by atoms with Gasteiger partial charge in [-0.15, -0.1) is 0 Å². The molecule has 0 spiro atoms. The van der Waals surface area contributed by atoms with Crippen molar-refractivity contribution in [3.05, 3.63) is 59.7 Å². The number of ether oxygens (including phenoxy) is 1. The Hall–Kier alpha value is -2.82. The molecule has 0 unspecified atom stereocenters. The first kappa shape index (κ1) is 16.5. The molecule has 0 saturated heterocycles. The summed E-state index contributed by atoms with van der Waals surface area (Å²) in [5.74, 6) is -0.585. The molecule has 0 atom stereocenters. The third-order valence-electron chi connectivity index (χ3n) is 3.28. The van der Waals surface area contributed by atoms with Crippen LogP contribution >= 0.6 is 0 Å². The molecule has 0 aliphatic heterocycles. The zero-order valence-electron chi connectivity index (χ0n) is 13.0. The Labute approximate surface area is 135 Å². The third kappa shape index (κ3) is 4.85. The molecule has 0 aliphatic carbocycles. The Bertz CT molecular complexity index is 664. The number of hydrogen-bond acceptors (Lipinski definition) is 4. The van der Waals surface area contributed by atoms with Gasteiger partial charge in [0.05, 0.1) is 12.2 Å². The molecule has 2 aromatic rings. The quantitative estimate of drug-likeness (QED) is 0.486. The molecular weight excluding hydrogens is 292 g/mol. The first-order valence-electron chi connectivity index (χ1n) is 7.54. The number of benzene rings is 2. The average Bonchev–Trinajstić information content (AvgIpc) is 2.56. The maximum absolute atomic E-state index is 12.1. The third-order valence-corrected chi connectivity index (χ3v) is 3.28. The summed E-state index contributed by atoms with van der Waals surface area (Å²) in [5.41, 5.74) is 7.79. The van der Waals surface area contributed by atoms with Gasteiger partial charge in [-0.25, -0.2) is 4.79 Å². The monoisotopic (exact) mass is 312 g/mol. The lowest BCUT2D eigenvalue weighted by atomic mass is 10.1. The van der Waals surface area contributed by atoms with Crippen molar-refractivity contribution in [1.82, 2.24) is 0 Å². The second-order valence-corrected chi connectivity index (χ2v) is 5.14. The Morgan fingerprint density at radius 3 is 2.22 bits per heavy atom. The summed E-state index contributed by atoms with van der Waals surface area (Å²) < 4.78 is 5.13. The minimum atomic E-state index is -0.352. The van der Waals surface area contributed by atoms with Crippen LogP contribution in [0.15, 0.2) is 48.5 Å². The molecular formula is C18H20N2O3. The molecule has 23 heavy (non-hydrogen) atoms. The molecule has 0 aromatic heterocycles. The normalized spacial score (nSPS) is 10.1. The average molecular weight is 312 g/mol. The van der Waals surface area contributed by atoms with E-state index >= 15 is 0 Å². The van der Waals surface area contributed by atoms with E-state index < -0.39 is 0 Å². The van der Waals surface area contributed by atoms with E-state index in [9.17, 15) is 9.59 Å². The summed E-state index contributed by atoms with van der Waals surface area (Å²) in [6, 6.07) is 13.3. The van der Waals surface area contributed by atoms with Gasteiger partial charge in [-0.3, -0.25) is 4.79 Å². The van der Waals surface area contributed by atoms with Gasteiger partial charge in [0.15, 0.2) is 0 Å². The van der Waals surface area contributed by atoms with Gasteiger partial charge in [0.25, 0.3) is 5.91 Å². The van der Waals surface area contributed by atoms with Crippen molar-refractivity contribution < 1.29 is 14.3 Å². The molecule has 1 amide bonds. The number of unbranched alkanes of at least 4 members (excludes halogenated alkanes) is 1. The molecule has 0 heterocycles. The zero-order valence-corrected chi connectivity index (χ0v) is 13.0. The topological polar surface area (TPSA) is 81.4 Å². The smallest absolute Gasteiger partial charge is 0.338 e. The Balaban J connectivity index is 1.95. The standard InChI is InChI=1S/C18H20N2O3/c1-2-3-12-23-18(22)14-6-10-16(11-7-14)20-17(21)13-4-8-15(19)9-5-13/h4-11H,2-3,12,19H2,1H3,(H,20,21). The highest BCUT2D eigenvalue weighted by atomic mass is 16.5. The number of rotatable bonds is 6. The van der Waals surface area contributed by atoms with E-state index in [4.69, 9.17) is 10.5 Å². The van der Waals surface area contributed by atoms with Crippen LogP contribution in [0, 0.1) is 0 Å². The SMILES string of the molecule is CCCCOC(=O)c1ccc(NC(=O)c2ccc(N)cc2)cc1. The first-order valence-corrected chi connectivity index (χ1v) is 7.54. The van der Waals surface area contributed by atoms with Crippen LogP contribution in [0.4, 0.5) is 11.4 Å². The molecule has 0 bridgehead atoms. The first-order chi connectivity index (χ1) is 11.1. The Morgan fingerprint density at radius 2 is 1.61 bits per heavy atom. The number of esters is 1. The van der Waals surface area contributed by atoms with Crippen LogP contribution in [0.2, 0.25) is 0 Å². The largest absolute Gasteiger partial charge is 0.462 e. The number of hydrogen-bond donors (Lipinski definition) is 2. The molecule has 0 saturated carbocycles. The molecule has 0 aliphatic rings. The van der Waals surface area contributed by atoms with Crippen molar-refractivity contribution in [2.24, 2.45) is 0 Å². The highest BCUT2D eigenvalue weighted by Crippen LogP contribution is 2.13. The summed E-state index contributed by atoms with van der Waals surface area (Å²) in [7, 11) is 0. The van der Waals surface area contributed by atoms with Gasteiger partial charge in [0, 0.05) is 16.9 Å². The van der Waals surface area contributed by atoms with E-state index in [0.29, 0.717) is 29.1 Å². The van der Waals surface area contributed by atoms with Gasteiger partial charge in [0.1, 0.15) is 0 Å². The second-order valence-electron chi connectivity index (χ2n) is 5.14. The van der Waals surface area contributed by atoms with Crippen LogP contribution in [0.25, 0.3) is 0 Å². The fourth-order valence-electron chi connectivity index (χ4n) is 1.92. The van der Waals surface area contributed by atoms with E-state index in [1.165, 1.54) is 0 Å². The molecule has 5 nitrogen and oxygen atoms in total. The number of amides is 1. The molecule has 0 radical (unpaired) electrons. The summed E-state index contributed by atoms with van der Waals surface area (Å²) in [6.45, 7) is 2.46. The summed E-state index contributed by atoms with van der Waals surface area (Å²) in [6.07, 6.45) is 1.82. The van der Waals surface area contributed by atoms with Crippen LogP contribution in [0.1, 0.15) is 40.5 Å². The lowest BCUT2D eigenvalue weighted by Crippen LogP contribution is -2.12. The van der Waals surface area contributed by atoms with E-state index in [2.05, 4.69) is 5.32 Å². The van der Waals surface area contributed by atoms with Gasteiger partial charge < -0.3 is 15.8 Å². The van der Waals surface area contributed by atoms with Gasteiger partial charge >= 0.3 is 5.97 Å². The number of carbonyl (C=O) groups excluding carboxylic acids is 2. The van der Waals surface area contributed by atoms with Crippen LogP contribution in [0.5, 0.6) is 0 Å². The van der Waals surface area contributed by atoms with Crippen molar-refractivity contribution in [2.75, 3.05) is 17.7 Å². The molecule has 2 aromatic carbocycles. The van der Waals surface area contributed by atoms with E-state index in [1.54, 1.807) is 48.5 Å². The van der Waals surface area contributed by atoms with Gasteiger partial charge in [0.2, 0.25) is 0 Å². The lowest BCUT2D eigenvalue weighted by molar-refractivity contribution is 0.0499. The van der Waals surface area contributed by atoms with Gasteiger partial charge in [-0.1, -0.05) is 13.3 Å². The van der Waals surface area contributed by atoms with Crippen LogP contribution in [0.3, 0.4) is 0 Å². The highest BCUT2D eigenvalue weighted by Gasteiger charge is 2.09. The number of nitrogens with one attached hydrogen (secondary N) is 1. The molecule has 2 rings (SSSR count). The van der Waals surface area contributed by atoms with E-state index in [-0.39, 0.29) is 11.9 Å². The maximum Gasteiger partial charge on any atom is 0.338 e. The zero-order chi connectivity index (χ0) is 16.7. The molecule has 0 fully saturated rings. The van der Waals surface area contributed by atoms with Crippen LogP contribution < -0.4 is 11.1 Å². The number of anilines is 2. The van der Waals surface area contributed by atoms with Crippen LogP contribution in [-0.4, -0.2) is 18.5 Å². The van der Waals surface area contributed by atoms with E-state index in [1.807, 2.05) is 6.92 Å². The predicted molar refractivity (Wildman–Crippen MR) is 90.4 cm³/mol. The van der Waals surface area contributed by atoms with Crippen molar-refractivity contribution >= 4 is 23.3 Å². The molecule has 120 valence electrons. The fraction of sp³-hybridized carbons (Fsp3) is 0.222. The number of nitrogen functional groups attached to an aromatic ring is 1. The van der Waals surface area contributed by atoms with Crippen molar-refractivity contribution in [3.8, 4) is 0 Å². The van der Waals surface area contributed by atoms with Crippen molar-refractivity contribution in [3.63, 3.8) is 0 Å². The number of carbonyl (C=O) groups is 2. The van der Waals surface area contributed by atoms with E-state index in [0.717, 1.165) is 12.8 Å². The Kier molecular flexibility index (Phi) is 5.74. The highest BCUT2D eigenvalue weighted by molar-refractivity contribution is 6.04. The van der Waals surface area contributed by atoms with Crippen molar-refractivity contribution in [1.29, 1.82) is 0 Å². The van der Waals surface area contributed by atoms with Crippen LogP contribution in [-0.2, 0) is 4.74 Å². The second kappa shape index (κ2) is 7.98. The van der Waals surface area contributed by atoms with Gasteiger partial charge in [-0.2, -0.15) is 0 Å². The summed E-state index contributed by atoms with van der Waals surface area (Å²) in [4.78, 5) is 23.9. The van der Waals surface area contributed by atoms with Crippen molar-refractivity contribution in [2.45, 2.75) is 19.8 Å². The predicted octanol–water partition coefficient (Wildman–Crippen LogP) is 3.48. The Morgan fingerprint density at radius 1 is 1.00 bits per heavy atom. The summed E-state index contributed by atoms with van der Waals surface area (Å²) in [5, 5.41) is 2.76. The summed E-state index contributed by atoms with van der Waals surface area (Å²) >= 11 is 0. The molecule has 3 N–H and O–H groups in total. The number of nitrogens with two attached hydrogens (primary N) is 1. The van der Waals surface area contributed by atoms with Gasteiger partial charge in [-0.05, 0) is 55.0 Å². The fourth-order valence-corrected chi connectivity index (χ4v) is 1.92. The maximum atomic E-state index is 12.1. The lowest BCUT2D eigenvalue weighted by Gasteiger charge is -2.07. The molecule has 5 heteroatoms. The minimum absolute atomic E-state index is 0.233.